The van der Waals surface area contributed by atoms with Gasteiger partial charge < -0.3 is 25.4 Å². The smallest absolute Gasteiger partial charge is 0.274 e. The molecule has 2 rings (SSSR count). The summed E-state index contributed by atoms with van der Waals surface area (Å²) in [6, 6.07) is 6.77. The number of aromatic hydroxyl groups is 1. The highest BCUT2D eigenvalue weighted by molar-refractivity contribution is 5.95. The quantitative estimate of drug-likeness (QED) is 0.621. The molecule has 4 N–H and O–H groups in total. The summed E-state index contributed by atoms with van der Waals surface area (Å²) in [5, 5.41) is 31.2. The van der Waals surface area contributed by atoms with Crippen molar-refractivity contribution < 1.29 is 29.2 Å². The predicted molar refractivity (Wildman–Crippen MR) is 93.4 cm³/mol. The molecule has 8 heteroatoms. The van der Waals surface area contributed by atoms with E-state index in [9.17, 15) is 19.4 Å². The third-order valence-electron chi connectivity index (χ3n) is 3.29. The molecule has 2 aromatic rings. The molecule has 1 aromatic carbocycles. The van der Waals surface area contributed by atoms with Crippen molar-refractivity contribution in [3.8, 4) is 11.5 Å². The first-order valence-corrected chi connectivity index (χ1v) is 8.05. The first-order chi connectivity index (χ1) is 12.5. The van der Waals surface area contributed by atoms with Gasteiger partial charge in [0.05, 0.1) is 19.4 Å². The lowest BCUT2D eigenvalue weighted by Gasteiger charge is -2.13. The van der Waals surface area contributed by atoms with Crippen molar-refractivity contribution in [3.05, 3.63) is 53.1 Å². The summed E-state index contributed by atoms with van der Waals surface area (Å²) in [6.07, 6.45) is -1.32. The van der Waals surface area contributed by atoms with Crippen LogP contribution in [0.5, 0.6) is 11.5 Å². The van der Waals surface area contributed by atoms with Crippen molar-refractivity contribution in [3.63, 3.8) is 0 Å². The second-order valence-corrected chi connectivity index (χ2v) is 4.95. The fourth-order valence-electron chi connectivity index (χ4n) is 1.98. The van der Waals surface area contributed by atoms with Gasteiger partial charge >= 0.3 is 0 Å². The highest BCUT2D eigenvalue weighted by atomic mass is 19.1. The molecule has 1 amide bonds. The number of hydrogen-bond donors (Lipinski definition) is 4. The molecule has 0 aliphatic heterocycles. The molecule has 142 valence electrons. The minimum atomic E-state index is -1.32. The number of methoxy groups -OCH3 is 1. The number of carbonyl (C=O) groups is 1. The summed E-state index contributed by atoms with van der Waals surface area (Å²) < 4.78 is 17.8. The Hall–Kier alpha value is -2.71. The van der Waals surface area contributed by atoms with E-state index in [0.717, 1.165) is 0 Å². The van der Waals surface area contributed by atoms with Crippen molar-refractivity contribution >= 4 is 5.91 Å². The van der Waals surface area contributed by atoms with Gasteiger partial charge in [-0.3, -0.25) is 4.79 Å². The second kappa shape index (κ2) is 10.3. The number of hydrogen-bond acceptors (Lipinski definition) is 6. The number of rotatable bonds is 6. The van der Waals surface area contributed by atoms with Gasteiger partial charge in [-0.15, -0.1) is 0 Å². The number of aromatic nitrogens is 1. The molecule has 0 radical (unpaired) electrons. The van der Waals surface area contributed by atoms with Crippen molar-refractivity contribution in [2.75, 3.05) is 13.7 Å². The molecule has 1 heterocycles. The topological polar surface area (TPSA) is 112 Å². The minimum Gasteiger partial charge on any atom is -0.503 e. The number of pyridine rings is 1. The SMILES string of the molecule is CC.COc1cc(C(O)CO)nc(C(=O)NCc2ccc(F)cc2)c1O. The van der Waals surface area contributed by atoms with Crippen molar-refractivity contribution in [1.29, 1.82) is 0 Å². The molecule has 7 nitrogen and oxygen atoms in total. The molecule has 1 atom stereocenters. The molecule has 0 fully saturated rings. The van der Waals surface area contributed by atoms with Crippen LogP contribution in [0.2, 0.25) is 0 Å². The summed E-state index contributed by atoms with van der Waals surface area (Å²) in [6.45, 7) is 3.49. The van der Waals surface area contributed by atoms with Crippen molar-refractivity contribution in [2.45, 2.75) is 26.5 Å². The fourth-order valence-corrected chi connectivity index (χ4v) is 1.98. The zero-order valence-electron chi connectivity index (χ0n) is 14.9. The van der Waals surface area contributed by atoms with Crippen LogP contribution in [0.15, 0.2) is 30.3 Å². The molecular weight excluding hydrogens is 343 g/mol. The number of ether oxygens (including phenoxy) is 1. The Morgan fingerprint density at radius 2 is 1.92 bits per heavy atom. The minimum absolute atomic E-state index is 0.0147. The summed E-state index contributed by atoms with van der Waals surface area (Å²) in [5.74, 6) is -1.63. The van der Waals surface area contributed by atoms with E-state index in [1.54, 1.807) is 0 Å². The maximum absolute atomic E-state index is 12.9. The molecule has 0 spiro atoms. The fraction of sp³-hybridized carbons (Fsp3) is 0.333. The largest absolute Gasteiger partial charge is 0.503 e. The van der Waals surface area contributed by atoms with E-state index in [4.69, 9.17) is 9.84 Å². The number of nitrogens with one attached hydrogen (secondary N) is 1. The molecule has 26 heavy (non-hydrogen) atoms. The highest BCUT2D eigenvalue weighted by Gasteiger charge is 2.21. The van der Waals surface area contributed by atoms with Gasteiger partial charge in [-0.1, -0.05) is 26.0 Å². The van der Waals surface area contributed by atoms with Gasteiger partial charge in [0.1, 0.15) is 11.9 Å². The Kier molecular flexibility index (Phi) is 8.47. The van der Waals surface area contributed by atoms with Gasteiger partial charge in [0.15, 0.2) is 17.2 Å². The number of carbonyl (C=O) groups excluding carboxylic acids is 1. The predicted octanol–water partition coefficient (Wildman–Crippen LogP) is 1.92. The molecule has 0 aliphatic carbocycles. The Labute approximate surface area is 151 Å². The van der Waals surface area contributed by atoms with Crippen LogP contribution in [-0.2, 0) is 6.54 Å². The van der Waals surface area contributed by atoms with Gasteiger partial charge in [0, 0.05) is 12.6 Å². The molecule has 1 aromatic heterocycles. The maximum Gasteiger partial charge on any atom is 0.274 e. The van der Waals surface area contributed by atoms with Crippen molar-refractivity contribution in [2.24, 2.45) is 0 Å². The van der Waals surface area contributed by atoms with Crippen LogP contribution in [0.3, 0.4) is 0 Å². The Morgan fingerprint density at radius 3 is 2.46 bits per heavy atom. The van der Waals surface area contributed by atoms with Gasteiger partial charge in [0.25, 0.3) is 5.91 Å². The lowest BCUT2D eigenvalue weighted by Crippen LogP contribution is -2.25. The summed E-state index contributed by atoms with van der Waals surface area (Å²) in [5.41, 5.74) is 0.292. The van der Waals surface area contributed by atoms with E-state index in [1.165, 1.54) is 37.4 Å². The van der Waals surface area contributed by atoms with Crippen LogP contribution in [0, 0.1) is 5.82 Å². The van der Waals surface area contributed by atoms with E-state index in [1.807, 2.05) is 13.8 Å². The van der Waals surface area contributed by atoms with Crippen LogP contribution in [-0.4, -0.2) is 39.9 Å². The number of aliphatic hydroxyl groups is 2. The van der Waals surface area contributed by atoms with Crippen LogP contribution in [0.4, 0.5) is 4.39 Å². The molecule has 0 saturated heterocycles. The van der Waals surface area contributed by atoms with Gasteiger partial charge in [-0.2, -0.15) is 0 Å². The monoisotopic (exact) mass is 366 g/mol. The van der Waals surface area contributed by atoms with E-state index < -0.39 is 24.4 Å². The van der Waals surface area contributed by atoms with Crippen LogP contribution < -0.4 is 10.1 Å². The summed E-state index contributed by atoms with van der Waals surface area (Å²) in [4.78, 5) is 16.1. The zero-order valence-corrected chi connectivity index (χ0v) is 14.9. The van der Waals surface area contributed by atoms with Gasteiger partial charge in [-0.05, 0) is 17.7 Å². The lowest BCUT2D eigenvalue weighted by atomic mass is 10.1. The van der Waals surface area contributed by atoms with Crippen LogP contribution in [0.1, 0.15) is 41.7 Å². The molecule has 0 aliphatic rings. The van der Waals surface area contributed by atoms with Crippen molar-refractivity contribution in [1.82, 2.24) is 10.3 Å². The van der Waals surface area contributed by atoms with Gasteiger partial charge in [-0.25, -0.2) is 9.37 Å². The number of nitrogens with zero attached hydrogens (tertiary/aromatic N) is 1. The third kappa shape index (κ3) is 5.40. The first-order valence-electron chi connectivity index (χ1n) is 8.05. The zero-order chi connectivity index (χ0) is 19.7. The number of halogens is 1. The molecular formula is C18H23FN2O5. The summed E-state index contributed by atoms with van der Waals surface area (Å²) >= 11 is 0. The molecule has 0 saturated carbocycles. The summed E-state index contributed by atoms with van der Waals surface area (Å²) in [7, 11) is 1.28. The maximum atomic E-state index is 12.9. The molecule has 1 unspecified atom stereocenters. The standard InChI is InChI=1S/C16H17FN2O5.C2H6/c1-24-13-6-11(12(21)8-20)19-14(15(13)22)16(23)18-7-9-2-4-10(17)5-3-9;1-2/h2-6,12,20-22H,7-8H2,1H3,(H,18,23);1-2H3. The van der Waals surface area contributed by atoms with E-state index in [0.29, 0.717) is 5.56 Å². The number of amides is 1. The average Bonchev–Trinajstić information content (AvgIpc) is 2.68. The normalized spacial score (nSPS) is 11.2. The second-order valence-electron chi connectivity index (χ2n) is 4.95. The molecule has 0 bridgehead atoms. The number of aliphatic hydroxyl groups excluding tert-OH is 2. The number of benzene rings is 1. The van der Waals surface area contributed by atoms with E-state index >= 15 is 0 Å². The highest BCUT2D eigenvalue weighted by Crippen LogP contribution is 2.31. The van der Waals surface area contributed by atoms with Crippen LogP contribution in [0.25, 0.3) is 0 Å². The van der Waals surface area contributed by atoms with E-state index in [-0.39, 0.29) is 29.5 Å². The Balaban J connectivity index is 0.00000163. The Morgan fingerprint density at radius 1 is 1.31 bits per heavy atom. The first kappa shape index (κ1) is 21.3. The third-order valence-corrected chi connectivity index (χ3v) is 3.29. The van der Waals surface area contributed by atoms with Crippen LogP contribution >= 0.6 is 0 Å². The Bertz CT molecular complexity index is 722. The van der Waals surface area contributed by atoms with Gasteiger partial charge in [0.2, 0.25) is 0 Å². The lowest BCUT2D eigenvalue weighted by molar-refractivity contribution is 0.0894. The van der Waals surface area contributed by atoms with E-state index in [2.05, 4.69) is 10.3 Å². The average molecular weight is 366 g/mol.